The first kappa shape index (κ1) is 33.1. The van der Waals surface area contributed by atoms with Crippen molar-refractivity contribution in [2.75, 3.05) is 0 Å². The van der Waals surface area contributed by atoms with Crippen molar-refractivity contribution in [1.82, 2.24) is 0 Å². The summed E-state index contributed by atoms with van der Waals surface area (Å²) in [5.74, 6) is -0.380. The van der Waals surface area contributed by atoms with Gasteiger partial charge in [0.25, 0.3) is 5.69 Å². The van der Waals surface area contributed by atoms with Gasteiger partial charge < -0.3 is 24.2 Å². The maximum atomic E-state index is 12.7. The number of hydrogen-bond donors (Lipinski definition) is 2. The maximum Gasteiger partial charge on any atom is 0.351 e. The normalized spacial score (nSPS) is 10.6. The quantitative estimate of drug-likeness (QED) is 0.0390. The van der Waals surface area contributed by atoms with Crippen molar-refractivity contribution in [1.29, 1.82) is 0 Å². The second kappa shape index (κ2) is 15.3. The second-order valence-electron chi connectivity index (χ2n) is 10.1. The van der Waals surface area contributed by atoms with E-state index in [-0.39, 0.29) is 19.0 Å². The summed E-state index contributed by atoms with van der Waals surface area (Å²) in [6.07, 6.45) is 0. The number of aromatic carboxylic acids is 1. The predicted molar refractivity (Wildman–Crippen MR) is 169 cm³/mol. The smallest absolute Gasteiger partial charge is 0.351 e. The first-order valence-electron chi connectivity index (χ1n) is 14.2. The highest BCUT2D eigenvalue weighted by Crippen LogP contribution is 2.31. The molecule has 48 heavy (non-hydrogen) atoms. The van der Waals surface area contributed by atoms with Crippen molar-refractivity contribution in [3.63, 3.8) is 0 Å². The van der Waals surface area contributed by atoms with Gasteiger partial charge in [-0.05, 0) is 90.3 Å². The minimum absolute atomic E-state index is 0.0213. The Morgan fingerprint density at radius 1 is 0.729 bits per heavy atom. The van der Waals surface area contributed by atoms with Crippen LogP contribution in [0.25, 0.3) is 0 Å². The minimum Gasteiger partial charge on any atom is -0.478 e. The first-order chi connectivity index (χ1) is 23.2. The summed E-state index contributed by atoms with van der Waals surface area (Å²) >= 11 is 0. The van der Waals surface area contributed by atoms with Crippen LogP contribution in [0.2, 0.25) is 0 Å². The molecule has 0 heterocycles. The number of carboxylic acids is 1. The summed E-state index contributed by atoms with van der Waals surface area (Å²) in [5, 5.41) is 29.6. The van der Waals surface area contributed by atoms with E-state index < -0.39 is 33.7 Å². The van der Waals surface area contributed by atoms with Crippen molar-refractivity contribution < 1.29 is 53.7 Å². The average molecular weight is 654 g/mol. The molecule has 5 aromatic carbocycles. The molecule has 5 aromatic rings. The largest absolute Gasteiger partial charge is 0.478 e. The van der Waals surface area contributed by atoms with E-state index in [0.29, 0.717) is 28.7 Å². The molecule has 0 saturated carbocycles. The van der Waals surface area contributed by atoms with Gasteiger partial charge >= 0.3 is 11.9 Å². The van der Waals surface area contributed by atoms with Gasteiger partial charge in [-0.3, -0.25) is 15.4 Å². The van der Waals surface area contributed by atoms with Gasteiger partial charge in [0, 0.05) is 12.1 Å². The van der Waals surface area contributed by atoms with Gasteiger partial charge in [0.2, 0.25) is 0 Å². The van der Waals surface area contributed by atoms with Crippen LogP contribution in [0.4, 0.5) is 5.69 Å². The summed E-state index contributed by atoms with van der Waals surface area (Å²) < 4.78 is 17.1. The number of esters is 1. The Hall–Kier alpha value is -6.28. The molecular formula is C35H27NO12. The van der Waals surface area contributed by atoms with Gasteiger partial charge in [-0.25, -0.2) is 14.5 Å². The number of carbonyl (C=O) groups excluding carboxylic acids is 1. The van der Waals surface area contributed by atoms with Crippen LogP contribution in [0, 0.1) is 17.0 Å². The summed E-state index contributed by atoms with van der Waals surface area (Å²) in [6, 6.07) is 28.3. The van der Waals surface area contributed by atoms with Crippen molar-refractivity contribution in [3.8, 4) is 34.5 Å². The standard InChI is InChI=1S/C35H27NO12/c1-22-5-2-6-23(20-43-42)31(22)21-44-48-27-17-15-25(16-18-27)46-29-8-3-7-28(19-29)45-24-11-13-26(14-12-24)47-35(39)33-30(34(37)38)9-4-10-32(33)36(40)41/h2-19,42H,20-21H2,1H3,(H,37,38). The third-order valence-electron chi connectivity index (χ3n) is 6.89. The van der Waals surface area contributed by atoms with E-state index in [2.05, 4.69) is 4.89 Å². The van der Waals surface area contributed by atoms with Crippen LogP contribution in [0.1, 0.15) is 37.4 Å². The second-order valence-corrected chi connectivity index (χ2v) is 10.1. The lowest BCUT2D eigenvalue weighted by atomic mass is 10.0. The number of hydrogen-bond acceptors (Lipinski definition) is 11. The van der Waals surface area contributed by atoms with Crippen molar-refractivity contribution in [3.05, 3.63) is 147 Å². The van der Waals surface area contributed by atoms with Gasteiger partial charge in [-0.15, -0.1) is 0 Å². The zero-order valence-corrected chi connectivity index (χ0v) is 25.2. The van der Waals surface area contributed by atoms with E-state index in [4.69, 9.17) is 29.2 Å². The molecule has 0 spiro atoms. The minimum atomic E-state index is -1.50. The van der Waals surface area contributed by atoms with Crippen molar-refractivity contribution in [2.45, 2.75) is 20.1 Å². The predicted octanol–water partition coefficient (Wildman–Crippen LogP) is 7.91. The number of aryl methyl sites for hydroxylation is 1. The van der Waals surface area contributed by atoms with E-state index in [0.717, 1.165) is 28.8 Å². The van der Waals surface area contributed by atoms with Crippen molar-refractivity contribution in [2.24, 2.45) is 0 Å². The summed E-state index contributed by atoms with van der Waals surface area (Å²) in [5.41, 5.74) is 0.709. The summed E-state index contributed by atoms with van der Waals surface area (Å²) in [6.45, 7) is 2.11. The van der Waals surface area contributed by atoms with E-state index in [1.807, 2.05) is 25.1 Å². The Morgan fingerprint density at radius 2 is 1.31 bits per heavy atom. The fourth-order valence-electron chi connectivity index (χ4n) is 4.59. The van der Waals surface area contributed by atoms with Crippen LogP contribution in [0.15, 0.2) is 109 Å². The molecule has 0 aliphatic heterocycles. The fourth-order valence-corrected chi connectivity index (χ4v) is 4.59. The lowest BCUT2D eigenvalue weighted by molar-refractivity contribution is -0.385. The highest BCUT2D eigenvalue weighted by molar-refractivity contribution is 6.06. The fraction of sp³-hybridized carbons (Fsp3) is 0.0857. The zero-order chi connectivity index (χ0) is 34.0. The molecule has 13 nitrogen and oxygen atoms in total. The first-order valence-corrected chi connectivity index (χ1v) is 14.2. The van der Waals surface area contributed by atoms with Crippen LogP contribution >= 0.6 is 0 Å². The molecule has 0 aromatic heterocycles. The van der Waals surface area contributed by atoms with E-state index in [9.17, 15) is 24.8 Å². The SMILES string of the molecule is Cc1cccc(COO)c1COOc1ccc(Oc2cccc(Oc3ccc(OC(=O)c4c(C(=O)O)cccc4[N+](=O)[O-])cc3)c2)cc1. The number of carbonyl (C=O) groups is 2. The molecule has 0 atom stereocenters. The topological polar surface area (TPSA) is 173 Å². The number of carboxylic acid groups (broad SMARTS) is 1. The number of rotatable bonds is 14. The van der Waals surface area contributed by atoms with Crippen LogP contribution in [0.3, 0.4) is 0 Å². The maximum absolute atomic E-state index is 12.7. The van der Waals surface area contributed by atoms with E-state index >= 15 is 0 Å². The molecule has 0 radical (unpaired) electrons. The van der Waals surface area contributed by atoms with Gasteiger partial charge in [0.15, 0.2) is 11.3 Å². The number of ether oxygens (including phenoxy) is 3. The number of nitrogens with zero attached hydrogens (tertiary/aromatic N) is 1. The molecule has 0 unspecified atom stereocenters. The molecular weight excluding hydrogens is 626 g/mol. The Labute approximate surface area is 273 Å². The molecule has 0 saturated heterocycles. The van der Waals surface area contributed by atoms with Crippen LogP contribution in [-0.4, -0.2) is 27.2 Å². The molecule has 13 heteroatoms. The van der Waals surface area contributed by atoms with E-state index in [1.165, 1.54) is 30.3 Å². The van der Waals surface area contributed by atoms with Gasteiger partial charge in [0.1, 0.15) is 42.0 Å². The summed E-state index contributed by atoms with van der Waals surface area (Å²) in [7, 11) is 0. The molecule has 0 fully saturated rings. The Balaban J connectivity index is 1.16. The zero-order valence-electron chi connectivity index (χ0n) is 25.2. The third-order valence-corrected chi connectivity index (χ3v) is 6.89. The molecule has 0 aliphatic rings. The van der Waals surface area contributed by atoms with E-state index in [1.54, 1.807) is 48.5 Å². The molecule has 5 rings (SSSR count). The lowest BCUT2D eigenvalue weighted by Crippen LogP contribution is -2.16. The third kappa shape index (κ3) is 8.30. The number of benzene rings is 5. The molecule has 0 amide bonds. The van der Waals surface area contributed by atoms with Crippen molar-refractivity contribution >= 4 is 17.6 Å². The molecule has 0 aliphatic carbocycles. The lowest BCUT2D eigenvalue weighted by Gasteiger charge is -2.12. The van der Waals surface area contributed by atoms with Gasteiger partial charge in [0.05, 0.1) is 10.5 Å². The molecule has 244 valence electrons. The summed E-state index contributed by atoms with van der Waals surface area (Å²) in [4.78, 5) is 49.9. The van der Waals surface area contributed by atoms with Gasteiger partial charge in [-0.2, -0.15) is 4.89 Å². The average Bonchev–Trinajstić information content (AvgIpc) is 3.07. The Morgan fingerprint density at radius 3 is 1.92 bits per heavy atom. The number of nitro benzene ring substituents is 1. The Kier molecular flexibility index (Phi) is 10.6. The molecule has 0 bridgehead atoms. The van der Waals surface area contributed by atoms with Crippen LogP contribution < -0.4 is 19.1 Å². The Bertz CT molecular complexity index is 1890. The highest BCUT2D eigenvalue weighted by atomic mass is 17.2. The highest BCUT2D eigenvalue weighted by Gasteiger charge is 2.28. The molecule has 2 N–H and O–H groups in total. The van der Waals surface area contributed by atoms with Crippen LogP contribution in [0.5, 0.6) is 34.5 Å². The monoisotopic (exact) mass is 653 g/mol. The number of nitro groups is 1. The van der Waals surface area contributed by atoms with Gasteiger partial charge in [-0.1, -0.05) is 30.3 Å². The van der Waals surface area contributed by atoms with Crippen LogP contribution in [-0.2, 0) is 23.0 Å².